The molecule has 5 saturated carbocycles. The fourth-order valence-electron chi connectivity index (χ4n) is 5.57. The van der Waals surface area contributed by atoms with E-state index in [4.69, 9.17) is 0 Å². The smallest absolute Gasteiger partial charge is 0.0326 e. The molecule has 0 aromatic carbocycles. The zero-order valence-corrected chi connectivity index (χ0v) is 58.5. The maximum atomic E-state index is 2.35. The molecule has 0 bridgehead atoms. The first-order chi connectivity index (χ1) is 32.9. The van der Waals surface area contributed by atoms with Crippen molar-refractivity contribution in [3.8, 4) is 0 Å². The van der Waals surface area contributed by atoms with Gasteiger partial charge in [-0.05, 0) is 131 Å². The van der Waals surface area contributed by atoms with E-state index < -0.39 is 0 Å². The first kappa shape index (κ1) is 85.9. The molecule has 1 unspecified atom stereocenters. The SMILES string of the molecule is CC(C)C(C)C.CC(C)C1CC1.CCC(C)(C)C.CCC(C)(C)C.CCC(C)CC.CCC(C)CC.CCC1(C)CC1.CCC1C[C@@H]1C.CCCC(C)C.CCCC(C)C.CCCC1CC1.C[C@H]1CC1(C)C. The van der Waals surface area contributed by atoms with Crippen molar-refractivity contribution in [1.82, 2.24) is 0 Å². The monoisotopic (exact) mass is 1020 g/mol. The summed E-state index contributed by atoms with van der Waals surface area (Å²) in [5.41, 5.74) is 2.58. The normalized spacial score (nSPS) is 19.0. The Hall–Kier alpha value is 0. The van der Waals surface area contributed by atoms with Crippen molar-refractivity contribution in [2.24, 2.45) is 92.7 Å². The second-order valence-electron chi connectivity index (χ2n) is 29.5. The number of hydrogen-bond acceptors (Lipinski definition) is 0. The quantitative estimate of drug-likeness (QED) is 0.163. The van der Waals surface area contributed by atoms with E-state index in [1.165, 1.54) is 141 Å². The Balaban J connectivity index is -0.000000128. The zero-order chi connectivity index (χ0) is 58.5. The van der Waals surface area contributed by atoms with Crippen molar-refractivity contribution < 1.29 is 0 Å². The van der Waals surface area contributed by atoms with Crippen LogP contribution in [0.4, 0.5) is 0 Å². The largest absolute Gasteiger partial charge is 0.0654 e. The molecule has 72 heavy (non-hydrogen) atoms. The standard InChI is InChI=1S/5C6H12.7C6H14/c1-5-4-6(5,2)3;1-5(2)6-3-4-6;1-3-6(2)4-5-6;1-3-6-4-5(6)2;1-2-3-6-4-5-6;2*1-5-6(2,3)4;1-5(2)6(3)4;2*1-4-5-6(2)3;2*1-4-6(3)5-2/h5H,4H2,1-3H3;5-6H,3-4H2,1-2H3;3-5H2,1-2H3;5-6H,3-4H2,1-2H3;6H,2-5H2,1H3;2*5H2,1-4H3;5-6H,1-4H3;4*6H,4-5H2,1-3H3/t5-;;;5-,6?;;;;;;;;/m0..0......../s1. The highest BCUT2D eigenvalue weighted by molar-refractivity contribution is 4.91. The fourth-order valence-corrected chi connectivity index (χ4v) is 5.57. The molecule has 0 amide bonds. The molecule has 0 aromatic heterocycles. The molecule has 446 valence electrons. The van der Waals surface area contributed by atoms with Gasteiger partial charge in [-0.1, -0.05) is 338 Å². The van der Waals surface area contributed by atoms with Crippen LogP contribution in [0.5, 0.6) is 0 Å². The van der Waals surface area contributed by atoms with Crippen molar-refractivity contribution in [3.63, 3.8) is 0 Å². The predicted molar refractivity (Wildman–Crippen MR) is 346 cm³/mol. The van der Waals surface area contributed by atoms with Crippen molar-refractivity contribution in [1.29, 1.82) is 0 Å². The van der Waals surface area contributed by atoms with Gasteiger partial charge in [-0.25, -0.2) is 0 Å². The van der Waals surface area contributed by atoms with Crippen LogP contribution >= 0.6 is 0 Å². The third-order valence-electron chi connectivity index (χ3n) is 16.7. The minimum Gasteiger partial charge on any atom is -0.0654 e. The van der Waals surface area contributed by atoms with Gasteiger partial charge < -0.3 is 0 Å². The van der Waals surface area contributed by atoms with E-state index in [9.17, 15) is 0 Å². The maximum Gasteiger partial charge on any atom is -0.0326 e. The lowest BCUT2D eigenvalue weighted by Crippen LogP contribution is -2.00. The molecule has 5 rings (SSSR count). The first-order valence-corrected chi connectivity index (χ1v) is 32.9. The van der Waals surface area contributed by atoms with Gasteiger partial charge in [0.1, 0.15) is 0 Å². The molecule has 0 aliphatic heterocycles. The minimum atomic E-state index is 0.542. The average molecular weight is 1020 g/mol. The molecule has 0 saturated heterocycles. The second kappa shape index (κ2) is 51.7. The molecule has 5 aliphatic rings. The molecule has 0 nitrogen and oxygen atoms in total. The van der Waals surface area contributed by atoms with E-state index in [1.54, 1.807) is 0 Å². The molecule has 3 atom stereocenters. The second-order valence-corrected chi connectivity index (χ2v) is 29.5. The van der Waals surface area contributed by atoms with Crippen molar-refractivity contribution in [3.05, 3.63) is 0 Å². The summed E-state index contributed by atoms with van der Waals surface area (Å²) in [5.74, 6) is 11.7. The lowest BCUT2D eigenvalue weighted by molar-refractivity contribution is 0.397. The summed E-state index contributed by atoms with van der Waals surface area (Å²) in [6.45, 7) is 76.8. The Bertz CT molecular complexity index is 908. The zero-order valence-electron chi connectivity index (χ0n) is 58.5. The summed E-state index contributed by atoms with van der Waals surface area (Å²) in [6.07, 6.45) is 30.9. The molecular weight excluding hydrogens is 865 g/mol. The van der Waals surface area contributed by atoms with Crippen LogP contribution in [0.25, 0.3) is 0 Å². The van der Waals surface area contributed by atoms with Gasteiger partial charge in [-0.3, -0.25) is 0 Å². The van der Waals surface area contributed by atoms with E-state index in [2.05, 4.69) is 235 Å². The molecule has 0 heterocycles. The number of rotatable bonds is 14. The van der Waals surface area contributed by atoms with Gasteiger partial charge in [0.2, 0.25) is 0 Å². The van der Waals surface area contributed by atoms with Crippen LogP contribution < -0.4 is 0 Å². The van der Waals surface area contributed by atoms with Crippen LogP contribution in [-0.2, 0) is 0 Å². The highest BCUT2D eigenvalue weighted by atomic mass is 14.5. The van der Waals surface area contributed by atoms with E-state index >= 15 is 0 Å². The Morgan fingerprint density at radius 3 is 0.792 bits per heavy atom. The van der Waals surface area contributed by atoms with Crippen molar-refractivity contribution in [2.45, 2.75) is 377 Å². The Morgan fingerprint density at radius 1 is 0.486 bits per heavy atom. The van der Waals surface area contributed by atoms with Crippen LogP contribution in [0.3, 0.4) is 0 Å². The molecule has 0 spiro atoms. The predicted octanol–water partition coefficient (Wildman–Crippen LogP) is 27.5. The molecule has 0 N–H and O–H groups in total. The summed E-state index contributed by atoms with van der Waals surface area (Å²) in [7, 11) is 0. The lowest BCUT2D eigenvalue weighted by Gasteiger charge is -2.12. The lowest BCUT2D eigenvalue weighted by atomic mass is 9.94. The van der Waals surface area contributed by atoms with Gasteiger partial charge in [0.05, 0.1) is 0 Å². The molecule has 5 aliphatic carbocycles. The van der Waals surface area contributed by atoms with Gasteiger partial charge in [0.15, 0.2) is 0 Å². The number of hydrogen-bond donors (Lipinski definition) is 0. The van der Waals surface area contributed by atoms with Crippen molar-refractivity contribution in [2.75, 3.05) is 0 Å². The summed E-state index contributed by atoms with van der Waals surface area (Å²) < 4.78 is 0. The Kier molecular flexibility index (Phi) is 61.7. The Labute approximate surface area is 467 Å². The van der Waals surface area contributed by atoms with E-state index in [-0.39, 0.29) is 0 Å². The first-order valence-electron chi connectivity index (χ1n) is 32.9. The van der Waals surface area contributed by atoms with E-state index in [0.29, 0.717) is 16.2 Å². The topological polar surface area (TPSA) is 0 Å². The van der Waals surface area contributed by atoms with Crippen LogP contribution in [0.15, 0.2) is 0 Å². The summed E-state index contributed by atoms with van der Waals surface area (Å²) >= 11 is 0. The third-order valence-corrected chi connectivity index (χ3v) is 16.7. The van der Waals surface area contributed by atoms with Gasteiger partial charge in [-0.2, -0.15) is 0 Å². The molecule has 0 aromatic rings. The summed E-state index contributed by atoms with van der Waals surface area (Å²) in [4.78, 5) is 0. The van der Waals surface area contributed by atoms with Crippen molar-refractivity contribution >= 4 is 0 Å². The van der Waals surface area contributed by atoms with Crippen LogP contribution in [0.2, 0.25) is 0 Å². The van der Waals surface area contributed by atoms with E-state index in [0.717, 1.165) is 76.4 Å². The van der Waals surface area contributed by atoms with E-state index in [1.807, 2.05) is 0 Å². The maximum absolute atomic E-state index is 2.35. The molecule has 0 radical (unpaired) electrons. The average Bonchev–Trinajstić information content (AvgIpc) is 4.02. The summed E-state index contributed by atoms with van der Waals surface area (Å²) in [6, 6.07) is 0. The fraction of sp³-hybridized carbons (Fsp3) is 1.00. The third kappa shape index (κ3) is 86.7. The van der Waals surface area contributed by atoms with Crippen LogP contribution in [0.1, 0.15) is 377 Å². The molecule has 5 fully saturated rings. The van der Waals surface area contributed by atoms with Crippen LogP contribution in [-0.4, -0.2) is 0 Å². The van der Waals surface area contributed by atoms with Gasteiger partial charge in [0, 0.05) is 0 Å². The van der Waals surface area contributed by atoms with Crippen LogP contribution in [0, 0.1) is 92.7 Å². The van der Waals surface area contributed by atoms with Gasteiger partial charge in [-0.15, -0.1) is 0 Å². The molecule has 0 heteroatoms. The highest BCUT2D eigenvalue weighted by Gasteiger charge is 2.41. The van der Waals surface area contributed by atoms with Gasteiger partial charge >= 0.3 is 0 Å². The summed E-state index contributed by atoms with van der Waals surface area (Å²) in [5, 5.41) is 0. The minimum absolute atomic E-state index is 0.542. The molecular formula is C72H158. The Morgan fingerprint density at radius 2 is 0.778 bits per heavy atom. The van der Waals surface area contributed by atoms with Gasteiger partial charge in [0.25, 0.3) is 0 Å². The highest BCUT2D eigenvalue weighted by Crippen LogP contribution is 2.51.